The van der Waals surface area contributed by atoms with Crippen molar-refractivity contribution in [3.63, 3.8) is 0 Å². The molecule has 0 fully saturated rings. The summed E-state index contributed by atoms with van der Waals surface area (Å²) in [6.45, 7) is 0. The van der Waals surface area contributed by atoms with Crippen LogP contribution in [-0.4, -0.2) is 35.5 Å². The third-order valence-corrected chi connectivity index (χ3v) is 0. The fourth-order valence-corrected chi connectivity index (χ4v) is 0. The second-order valence-electron chi connectivity index (χ2n) is 0.455. The molecule has 0 aliphatic heterocycles. The van der Waals surface area contributed by atoms with E-state index in [1.54, 1.807) is 0 Å². The molecule has 5 heavy (non-hydrogen) atoms. The van der Waals surface area contributed by atoms with E-state index in [9.17, 15) is 0 Å². The van der Waals surface area contributed by atoms with Crippen LogP contribution in [0.5, 0.6) is 0 Å². The standard InChI is InChI=1S/CH5N3.Na.H/c2-1(3)4;;/h(H5,2,3,4);;. The molecule has 3 nitrogen and oxygen atoms in total. The second kappa shape index (κ2) is 4.27. The van der Waals surface area contributed by atoms with E-state index >= 15 is 0 Å². The molecule has 0 aromatic heterocycles. The third-order valence-electron chi connectivity index (χ3n) is 0. The maximum atomic E-state index is 6.06. The molecular weight excluding hydrogens is 77.0 g/mol. The number of hydrogen-bond donors (Lipinski definition) is 3. The Kier molecular flexibility index (Phi) is 7.67. The van der Waals surface area contributed by atoms with Gasteiger partial charge in [0.05, 0.1) is 0 Å². The van der Waals surface area contributed by atoms with Crippen molar-refractivity contribution in [1.29, 1.82) is 5.41 Å². The van der Waals surface area contributed by atoms with Crippen molar-refractivity contribution in [2.24, 2.45) is 11.5 Å². The van der Waals surface area contributed by atoms with Gasteiger partial charge in [0.25, 0.3) is 0 Å². The predicted molar refractivity (Wildman–Crippen MR) is 23.3 cm³/mol. The molecule has 0 bridgehead atoms. The Morgan fingerprint density at radius 1 is 1.40 bits per heavy atom. The molecule has 0 aromatic carbocycles. The van der Waals surface area contributed by atoms with Gasteiger partial charge < -0.3 is 11.5 Å². The first-order valence-corrected chi connectivity index (χ1v) is 0.827. The Morgan fingerprint density at radius 3 is 1.40 bits per heavy atom. The van der Waals surface area contributed by atoms with Gasteiger partial charge in [0.1, 0.15) is 0 Å². The van der Waals surface area contributed by atoms with Crippen LogP contribution in [0.15, 0.2) is 0 Å². The quantitative estimate of drug-likeness (QED) is 0.183. The van der Waals surface area contributed by atoms with Crippen LogP contribution >= 0.6 is 0 Å². The SMILES string of the molecule is N=C(N)N.[NaH]. The molecule has 0 aliphatic rings. The molecule has 0 radical (unpaired) electrons. The number of guanidine groups is 1. The molecule has 26 valence electrons. The minimum absolute atomic E-state index is 0. The first-order chi connectivity index (χ1) is 1.73. The van der Waals surface area contributed by atoms with E-state index in [2.05, 4.69) is 11.5 Å². The maximum absolute atomic E-state index is 6.06. The van der Waals surface area contributed by atoms with E-state index in [0.717, 1.165) is 0 Å². The minimum atomic E-state index is -0.333. The van der Waals surface area contributed by atoms with Gasteiger partial charge in [-0.25, -0.2) is 0 Å². The van der Waals surface area contributed by atoms with Gasteiger partial charge >= 0.3 is 29.6 Å². The third kappa shape index (κ3) is 302. The Hall–Kier alpha value is 0.270. The molecule has 0 rings (SSSR count). The zero-order valence-corrected chi connectivity index (χ0v) is 2.15. The van der Waals surface area contributed by atoms with Crippen molar-refractivity contribution in [2.75, 3.05) is 0 Å². The molecule has 0 heterocycles. The van der Waals surface area contributed by atoms with E-state index in [0.29, 0.717) is 0 Å². The number of hydrogen-bond acceptors (Lipinski definition) is 1. The zero-order valence-electron chi connectivity index (χ0n) is 2.15. The molecule has 4 heteroatoms. The molecule has 0 spiro atoms. The first kappa shape index (κ1) is 8.99. The van der Waals surface area contributed by atoms with Crippen LogP contribution in [0.3, 0.4) is 0 Å². The molecule has 0 unspecified atom stereocenters. The van der Waals surface area contributed by atoms with Gasteiger partial charge in [-0.2, -0.15) is 0 Å². The molecule has 0 atom stereocenters. The number of nitrogens with one attached hydrogen (secondary N) is 1. The van der Waals surface area contributed by atoms with Gasteiger partial charge in [0.15, 0.2) is 5.96 Å². The molecule has 0 aromatic rings. The van der Waals surface area contributed by atoms with Crippen LogP contribution in [0.25, 0.3) is 0 Å². The zero-order chi connectivity index (χ0) is 3.58. The summed E-state index contributed by atoms with van der Waals surface area (Å²) in [6, 6.07) is 0. The molecule has 0 saturated heterocycles. The monoisotopic (exact) mass is 83.0 g/mol. The molecular formula is CH6N3Na. The fourth-order valence-electron chi connectivity index (χ4n) is 0. The summed E-state index contributed by atoms with van der Waals surface area (Å²) in [5, 5.41) is 6.06. The molecule has 0 amide bonds. The fraction of sp³-hybridized carbons (Fsp3) is 0. The van der Waals surface area contributed by atoms with Crippen molar-refractivity contribution in [3.8, 4) is 0 Å². The van der Waals surface area contributed by atoms with Crippen molar-refractivity contribution < 1.29 is 0 Å². The summed E-state index contributed by atoms with van der Waals surface area (Å²) < 4.78 is 0. The van der Waals surface area contributed by atoms with E-state index in [4.69, 9.17) is 5.41 Å². The second-order valence-corrected chi connectivity index (χ2v) is 0.455. The number of nitrogens with two attached hydrogens (primary N) is 2. The summed E-state index contributed by atoms with van der Waals surface area (Å²) in [5.74, 6) is -0.333. The van der Waals surface area contributed by atoms with Crippen molar-refractivity contribution in [3.05, 3.63) is 0 Å². The topological polar surface area (TPSA) is 75.9 Å². The molecule has 0 saturated carbocycles. The van der Waals surface area contributed by atoms with Gasteiger partial charge in [-0.1, -0.05) is 0 Å². The van der Waals surface area contributed by atoms with E-state index in [-0.39, 0.29) is 35.5 Å². The average Bonchev–Trinajstić information content (AvgIpc) is 0.811. The van der Waals surface area contributed by atoms with E-state index in [1.807, 2.05) is 0 Å². The van der Waals surface area contributed by atoms with Gasteiger partial charge in [-0.05, 0) is 0 Å². The van der Waals surface area contributed by atoms with Crippen LogP contribution < -0.4 is 11.5 Å². The van der Waals surface area contributed by atoms with Gasteiger partial charge in [0.2, 0.25) is 0 Å². The summed E-state index contributed by atoms with van der Waals surface area (Å²) in [5.41, 5.74) is 8.94. The van der Waals surface area contributed by atoms with Crippen molar-refractivity contribution in [1.82, 2.24) is 0 Å². The van der Waals surface area contributed by atoms with Gasteiger partial charge in [-0.15, -0.1) is 0 Å². The van der Waals surface area contributed by atoms with Crippen molar-refractivity contribution in [2.45, 2.75) is 0 Å². The van der Waals surface area contributed by atoms with Gasteiger partial charge in [-0.3, -0.25) is 5.41 Å². The van der Waals surface area contributed by atoms with Crippen LogP contribution in [0.2, 0.25) is 0 Å². The normalized spacial score (nSPS) is 4.80. The van der Waals surface area contributed by atoms with E-state index in [1.165, 1.54) is 0 Å². The Bertz CT molecular complexity index is 29.9. The number of rotatable bonds is 0. The Morgan fingerprint density at radius 2 is 1.40 bits per heavy atom. The van der Waals surface area contributed by atoms with Gasteiger partial charge in [0, 0.05) is 0 Å². The summed E-state index contributed by atoms with van der Waals surface area (Å²) in [4.78, 5) is 0. The van der Waals surface area contributed by atoms with Crippen LogP contribution in [0, 0.1) is 5.41 Å². The predicted octanol–water partition coefficient (Wildman–Crippen LogP) is -1.81. The first-order valence-electron chi connectivity index (χ1n) is 0.827. The van der Waals surface area contributed by atoms with Crippen molar-refractivity contribution >= 4 is 35.5 Å². The molecule has 0 aliphatic carbocycles. The van der Waals surface area contributed by atoms with Crippen LogP contribution in [0.4, 0.5) is 0 Å². The van der Waals surface area contributed by atoms with Crippen LogP contribution in [0.1, 0.15) is 0 Å². The Labute approximate surface area is 52.5 Å². The van der Waals surface area contributed by atoms with Crippen LogP contribution in [-0.2, 0) is 0 Å². The van der Waals surface area contributed by atoms with E-state index < -0.39 is 0 Å². The average molecular weight is 83.1 g/mol. The summed E-state index contributed by atoms with van der Waals surface area (Å²) >= 11 is 0. The summed E-state index contributed by atoms with van der Waals surface area (Å²) in [7, 11) is 0. The Balaban J connectivity index is 0. The molecule has 5 N–H and O–H groups in total. The summed E-state index contributed by atoms with van der Waals surface area (Å²) in [6.07, 6.45) is 0.